The fourth-order valence-electron chi connectivity index (χ4n) is 0. The Morgan fingerprint density at radius 3 is 1.30 bits per heavy atom. The molecule has 10 N–H and O–H groups in total. The van der Waals surface area contributed by atoms with Gasteiger partial charge in [-0.2, -0.15) is 0 Å². The molecule has 0 heterocycles. The van der Waals surface area contributed by atoms with E-state index in [1.165, 1.54) is 0 Å². The molecule has 0 aliphatic rings. The summed E-state index contributed by atoms with van der Waals surface area (Å²) in [6, 6.07) is 0. The number of aliphatic carboxylic acids is 1. The van der Waals surface area contributed by atoms with Gasteiger partial charge in [-0.25, -0.2) is 0 Å². The van der Waals surface area contributed by atoms with Crippen LogP contribution < -0.4 is 40.4 Å². The summed E-state index contributed by atoms with van der Waals surface area (Å²) in [5.74, 6) is -1.22. The molecule has 0 unspecified atom stereocenters. The van der Waals surface area contributed by atoms with E-state index in [9.17, 15) is 0 Å². The molecule has 0 bridgehead atoms. The molecule has 0 amide bonds. The van der Waals surface area contributed by atoms with Gasteiger partial charge in [0, 0.05) is 6.54 Å². The third-order valence-electron chi connectivity index (χ3n) is 0.167. The van der Waals surface area contributed by atoms with Gasteiger partial charge in [-0.3, -0.25) is 0 Å². The first-order valence-corrected chi connectivity index (χ1v) is 1.17. The quantitative estimate of drug-likeness (QED) is 0.381. The van der Waals surface area contributed by atoms with E-state index in [-0.39, 0.29) is 58.0 Å². The first kappa shape index (κ1) is 48.4. The second kappa shape index (κ2) is 34.8. The Labute approximate surface area is 79.7 Å². The number of carboxylic acid groups (broad SMARTS) is 1. The van der Waals surface area contributed by atoms with Gasteiger partial charge in [0.05, 0.1) is 5.97 Å². The summed E-state index contributed by atoms with van der Waals surface area (Å²) < 4.78 is 0. The van der Waals surface area contributed by atoms with Gasteiger partial charge in [0.25, 0.3) is 0 Å². The number of carbonyl (C=O) groups excluding carboxylic acids is 1. The summed E-state index contributed by atoms with van der Waals surface area (Å²) in [7, 11) is 0. The van der Waals surface area contributed by atoms with Crippen molar-refractivity contribution in [1.29, 1.82) is 0 Å². The van der Waals surface area contributed by atoms with Crippen LogP contribution in [0.5, 0.6) is 0 Å². The summed E-state index contributed by atoms with van der Waals surface area (Å²) in [5.41, 5.74) is 4.51. The number of hydrogen-bond donors (Lipinski definition) is 1. The number of carboxylic acids is 1. The topological polar surface area (TPSA) is 192 Å². The molecular weight excluding hydrogens is 157 g/mol. The minimum atomic E-state index is -1.22. The van der Waals surface area contributed by atoms with Gasteiger partial charge in [0.1, 0.15) is 0 Å². The minimum absolute atomic E-state index is 0. The van der Waals surface area contributed by atoms with E-state index >= 15 is 0 Å². The van der Waals surface area contributed by atoms with E-state index in [4.69, 9.17) is 9.90 Å². The zero-order valence-electron chi connectivity index (χ0n) is 5.60. The van der Waals surface area contributed by atoms with Crippen LogP contribution >= 0.6 is 0 Å². The molecule has 0 aliphatic carbocycles. The van der Waals surface area contributed by atoms with Crippen LogP contribution in [-0.2, 0) is 4.79 Å². The average Bonchev–Trinajstić information content (AvgIpc) is 1.38. The molecule has 0 saturated carbocycles. The van der Waals surface area contributed by atoms with Crippen LogP contribution in [0.4, 0.5) is 0 Å². The number of nitrogens with two attached hydrogens (primary N) is 1. The van der Waals surface area contributed by atoms with Crippen molar-refractivity contribution in [1.82, 2.24) is 0 Å². The van der Waals surface area contributed by atoms with Crippen LogP contribution in [0.3, 0.4) is 0 Å². The van der Waals surface area contributed by atoms with Crippen molar-refractivity contribution >= 4 is 5.97 Å². The van der Waals surface area contributed by atoms with Crippen molar-refractivity contribution in [3.8, 4) is 0 Å². The fraction of sp³-hybridized carbons (Fsp3) is 0.500. The van der Waals surface area contributed by atoms with Gasteiger partial charge in [-0.05, 0) is 0 Å². The Bertz CT molecular complexity index is 51.0. The largest absolute Gasteiger partial charge is 1.00 e. The van der Waals surface area contributed by atoms with Crippen LogP contribution in [-0.4, -0.2) is 34.4 Å². The summed E-state index contributed by atoms with van der Waals surface area (Å²) in [6.45, 7) is -0.389. The smallest absolute Gasteiger partial charge is 0.549 e. The summed E-state index contributed by atoms with van der Waals surface area (Å²) in [5, 5.41) is 9.13. The standard InChI is InChI=1S/C2H5NO2.Na.4H2O/c3-1-2(4)5;;;;;/h1,3H2,(H,4,5);;4*1H2/q;+1;;;;/p-1. The normalized spacial score (nSPS) is 3.70. The molecule has 0 radical (unpaired) electrons. The summed E-state index contributed by atoms with van der Waals surface area (Å²) in [4.78, 5) is 9.13. The molecule has 0 saturated heterocycles. The third kappa shape index (κ3) is 84.8. The number of rotatable bonds is 1. The van der Waals surface area contributed by atoms with Gasteiger partial charge >= 0.3 is 29.6 Å². The molecule has 0 aromatic rings. The molecule has 0 spiro atoms. The van der Waals surface area contributed by atoms with Crippen molar-refractivity contribution in [3.63, 3.8) is 0 Å². The Hall–Kier alpha value is 0.270. The van der Waals surface area contributed by atoms with Crippen molar-refractivity contribution in [3.05, 3.63) is 0 Å². The van der Waals surface area contributed by atoms with Crippen LogP contribution in [0.25, 0.3) is 0 Å². The Morgan fingerprint density at radius 2 is 1.30 bits per heavy atom. The van der Waals surface area contributed by atoms with Gasteiger partial charge in [-0.1, -0.05) is 0 Å². The molecule has 0 atom stereocenters. The van der Waals surface area contributed by atoms with Crippen molar-refractivity contribution in [2.45, 2.75) is 0 Å². The van der Waals surface area contributed by atoms with Crippen molar-refractivity contribution in [2.24, 2.45) is 5.73 Å². The predicted octanol–water partition coefficient (Wildman–Crippen LogP) is -8.60. The minimum Gasteiger partial charge on any atom is -0.549 e. The summed E-state index contributed by atoms with van der Waals surface area (Å²) >= 11 is 0. The second-order valence-electron chi connectivity index (χ2n) is 0.576. The molecule has 10 heavy (non-hydrogen) atoms. The molecule has 0 fully saturated rings. The van der Waals surface area contributed by atoms with E-state index in [1.54, 1.807) is 0 Å². The van der Waals surface area contributed by atoms with Crippen molar-refractivity contribution < 1.29 is 61.4 Å². The van der Waals surface area contributed by atoms with Crippen LogP contribution in [0, 0.1) is 0 Å². The van der Waals surface area contributed by atoms with Gasteiger partial charge in [-0.15, -0.1) is 0 Å². The Balaban J connectivity index is -0.00000000800. The molecule has 8 heteroatoms. The number of hydrogen-bond acceptors (Lipinski definition) is 3. The zero-order chi connectivity index (χ0) is 4.28. The Kier molecular flexibility index (Phi) is 168. The molecular formula is C2H12NNaO6. The number of carbonyl (C=O) groups is 1. The van der Waals surface area contributed by atoms with E-state index in [0.29, 0.717) is 0 Å². The third-order valence-corrected chi connectivity index (χ3v) is 0.167. The maximum Gasteiger partial charge on any atom is 1.00 e. The van der Waals surface area contributed by atoms with Crippen LogP contribution in [0.1, 0.15) is 0 Å². The van der Waals surface area contributed by atoms with E-state index in [1.807, 2.05) is 0 Å². The van der Waals surface area contributed by atoms with Gasteiger partial charge in [0.15, 0.2) is 0 Å². The van der Waals surface area contributed by atoms with Crippen LogP contribution in [0.15, 0.2) is 0 Å². The van der Waals surface area contributed by atoms with Crippen molar-refractivity contribution in [2.75, 3.05) is 6.54 Å². The van der Waals surface area contributed by atoms with E-state index in [2.05, 4.69) is 5.73 Å². The van der Waals surface area contributed by atoms with Gasteiger partial charge < -0.3 is 37.5 Å². The van der Waals surface area contributed by atoms with Crippen LogP contribution in [0.2, 0.25) is 0 Å². The molecule has 62 valence electrons. The second-order valence-corrected chi connectivity index (χ2v) is 0.576. The average molecular weight is 169 g/mol. The van der Waals surface area contributed by atoms with E-state index < -0.39 is 5.97 Å². The first-order valence-electron chi connectivity index (χ1n) is 1.17. The zero-order valence-corrected chi connectivity index (χ0v) is 7.60. The maximum absolute atomic E-state index is 9.13. The first-order chi connectivity index (χ1) is 2.27. The molecule has 0 aromatic heterocycles. The SMILES string of the molecule is NCC(=O)[O-].O.O.O.O.[Na+]. The molecule has 7 nitrogen and oxygen atoms in total. The molecule has 0 aliphatic heterocycles. The molecule has 0 aromatic carbocycles. The predicted molar refractivity (Wildman–Crippen MR) is 28.5 cm³/mol. The molecule has 0 rings (SSSR count). The Morgan fingerprint density at radius 1 is 1.20 bits per heavy atom. The summed E-state index contributed by atoms with van der Waals surface area (Å²) in [6.07, 6.45) is 0. The fourth-order valence-corrected chi connectivity index (χ4v) is 0. The van der Waals surface area contributed by atoms with Gasteiger partial charge in [0.2, 0.25) is 0 Å². The van der Waals surface area contributed by atoms with E-state index in [0.717, 1.165) is 0 Å². The maximum atomic E-state index is 9.13. The monoisotopic (exact) mass is 169 g/mol.